The molecule has 0 unspecified atom stereocenters. The molecule has 0 aromatic heterocycles. The summed E-state index contributed by atoms with van der Waals surface area (Å²) in [7, 11) is 0. The summed E-state index contributed by atoms with van der Waals surface area (Å²) in [4.78, 5) is 10.3. The first kappa shape index (κ1) is 19.5. The third kappa shape index (κ3) is 16.2. The minimum atomic E-state index is -0.105. The molecule has 106 valence electrons. The summed E-state index contributed by atoms with van der Waals surface area (Å²) in [5.41, 5.74) is 1.17. The Kier molecular flexibility index (Phi) is 16.6. The maximum absolute atomic E-state index is 10.3. The fourth-order valence-corrected chi connectivity index (χ4v) is 0.907. The maximum Gasteiger partial charge on any atom is 0.305 e. The van der Waals surface area contributed by atoms with Gasteiger partial charge in [-0.15, -0.1) is 6.58 Å². The number of allylic oxidation sites excluding steroid dienone is 1. The van der Waals surface area contributed by atoms with E-state index in [-0.39, 0.29) is 5.97 Å². The fraction of sp³-hybridized carbons (Fsp3) is 0.353. The van der Waals surface area contributed by atoms with E-state index in [1.54, 1.807) is 13.0 Å². The summed E-state index contributed by atoms with van der Waals surface area (Å²) in [6.45, 7) is 13.2. The highest BCUT2D eigenvalue weighted by Gasteiger charge is 1.93. The molecule has 0 N–H and O–H groups in total. The number of carbonyl (C=O) groups excluding carboxylic acids is 1. The lowest BCUT2D eigenvalue weighted by Gasteiger charge is -1.97. The van der Waals surface area contributed by atoms with Crippen molar-refractivity contribution in [1.82, 2.24) is 0 Å². The normalized spacial score (nSPS) is 7.95. The number of rotatable bonds is 4. The largest absolute Gasteiger partial charge is 0.466 e. The summed E-state index contributed by atoms with van der Waals surface area (Å²) in [5, 5.41) is 0. The summed E-state index contributed by atoms with van der Waals surface area (Å²) in [5.74, 6) is -0.105. The molecule has 0 radical (unpaired) electrons. The number of ether oxygens (including phenoxy) is 1. The van der Waals surface area contributed by atoms with Gasteiger partial charge in [-0.25, -0.2) is 0 Å². The summed E-state index contributed by atoms with van der Waals surface area (Å²) in [6, 6.07) is 10.0. The molecule has 1 aromatic carbocycles. The number of carbonyl (C=O) groups is 1. The molecule has 0 saturated carbocycles. The van der Waals surface area contributed by atoms with Crippen LogP contribution >= 0.6 is 0 Å². The lowest BCUT2D eigenvalue weighted by atomic mass is 10.2. The molecular formula is C17H26O2. The average molecular weight is 262 g/mol. The topological polar surface area (TPSA) is 26.3 Å². The van der Waals surface area contributed by atoms with E-state index in [9.17, 15) is 4.79 Å². The molecule has 0 heterocycles. The predicted molar refractivity (Wildman–Crippen MR) is 83.9 cm³/mol. The second kappa shape index (κ2) is 16.2. The zero-order valence-corrected chi connectivity index (χ0v) is 12.4. The van der Waals surface area contributed by atoms with Crippen molar-refractivity contribution in [3.05, 3.63) is 55.1 Å². The first-order valence-corrected chi connectivity index (χ1v) is 6.56. The smallest absolute Gasteiger partial charge is 0.305 e. The molecule has 2 nitrogen and oxygen atoms in total. The Bertz CT molecular complexity index is 328. The second-order valence-corrected chi connectivity index (χ2v) is 3.60. The molecule has 0 aliphatic rings. The van der Waals surface area contributed by atoms with Crippen LogP contribution in [0, 0.1) is 0 Å². The van der Waals surface area contributed by atoms with Gasteiger partial charge in [-0.3, -0.25) is 4.79 Å². The van der Waals surface area contributed by atoms with Crippen LogP contribution in [-0.2, 0) is 9.53 Å². The second-order valence-electron chi connectivity index (χ2n) is 3.60. The zero-order chi connectivity index (χ0) is 14.9. The lowest BCUT2D eigenvalue weighted by Crippen LogP contribution is -2.02. The Hall–Kier alpha value is -1.83. The van der Waals surface area contributed by atoms with Gasteiger partial charge in [0.15, 0.2) is 0 Å². The van der Waals surface area contributed by atoms with Crippen molar-refractivity contribution in [2.45, 2.75) is 33.6 Å². The Labute approximate surface area is 117 Å². The van der Waals surface area contributed by atoms with E-state index < -0.39 is 0 Å². The van der Waals surface area contributed by atoms with Crippen LogP contribution in [0.2, 0.25) is 0 Å². The van der Waals surface area contributed by atoms with E-state index in [2.05, 4.69) is 13.2 Å². The Morgan fingerprint density at radius 1 is 1.21 bits per heavy atom. The summed E-state index contributed by atoms with van der Waals surface area (Å²) < 4.78 is 4.70. The molecule has 1 rings (SSSR count). The van der Waals surface area contributed by atoms with Crippen LogP contribution in [0.1, 0.15) is 39.2 Å². The van der Waals surface area contributed by atoms with Gasteiger partial charge in [0.05, 0.1) is 6.61 Å². The van der Waals surface area contributed by atoms with Crippen LogP contribution in [0.5, 0.6) is 0 Å². The SMILES string of the molecule is C=CC.C=Cc1ccccc1.CCCOC(=O)CC. The summed E-state index contributed by atoms with van der Waals surface area (Å²) >= 11 is 0. The Morgan fingerprint density at radius 3 is 2.05 bits per heavy atom. The lowest BCUT2D eigenvalue weighted by molar-refractivity contribution is -0.143. The third-order valence-corrected chi connectivity index (χ3v) is 1.79. The summed E-state index contributed by atoms with van der Waals surface area (Å²) in [6.07, 6.45) is 4.98. The van der Waals surface area contributed by atoms with Gasteiger partial charge in [0.1, 0.15) is 0 Å². The van der Waals surface area contributed by atoms with Crippen LogP contribution < -0.4 is 0 Å². The van der Waals surface area contributed by atoms with E-state index in [0.717, 1.165) is 6.42 Å². The average Bonchev–Trinajstić information content (AvgIpc) is 2.47. The minimum Gasteiger partial charge on any atom is -0.466 e. The van der Waals surface area contributed by atoms with Crippen LogP contribution in [0.4, 0.5) is 0 Å². The minimum absolute atomic E-state index is 0.105. The molecule has 0 aliphatic heterocycles. The van der Waals surface area contributed by atoms with Crippen molar-refractivity contribution in [3.63, 3.8) is 0 Å². The highest BCUT2D eigenvalue weighted by atomic mass is 16.5. The highest BCUT2D eigenvalue weighted by molar-refractivity contribution is 5.68. The molecule has 0 atom stereocenters. The van der Waals surface area contributed by atoms with Crippen LogP contribution in [0.3, 0.4) is 0 Å². The number of hydrogen-bond donors (Lipinski definition) is 0. The van der Waals surface area contributed by atoms with E-state index in [1.807, 2.05) is 50.3 Å². The molecule has 0 aliphatic carbocycles. The zero-order valence-electron chi connectivity index (χ0n) is 12.4. The van der Waals surface area contributed by atoms with Crippen LogP contribution in [0.15, 0.2) is 49.6 Å². The van der Waals surface area contributed by atoms with Crippen LogP contribution in [-0.4, -0.2) is 12.6 Å². The molecular weight excluding hydrogens is 236 g/mol. The van der Waals surface area contributed by atoms with Gasteiger partial charge in [-0.1, -0.05) is 62.9 Å². The quantitative estimate of drug-likeness (QED) is 0.571. The molecule has 1 aromatic rings. The molecule has 2 heteroatoms. The molecule has 0 spiro atoms. The van der Waals surface area contributed by atoms with E-state index >= 15 is 0 Å². The molecule has 0 amide bonds. The number of benzene rings is 1. The van der Waals surface area contributed by atoms with Gasteiger partial charge >= 0.3 is 5.97 Å². The first-order valence-electron chi connectivity index (χ1n) is 6.56. The molecule has 0 saturated heterocycles. The Morgan fingerprint density at radius 2 is 1.74 bits per heavy atom. The van der Waals surface area contributed by atoms with Crippen molar-refractivity contribution in [2.75, 3.05) is 6.61 Å². The van der Waals surface area contributed by atoms with E-state index in [1.165, 1.54) is 5.56 Å². The van der Waals surface area contributed by atoms with Gasteiger partial charge in [0.25, 0.3) is 0 Å². The first-order chi connectivity index (χ1) is 9.15. The van der Waals surface area contributed by atoms with Crippen molar-refractivity contribution >= 4 is 12.0 Å². The van der Waals surface area contributed by atoms with Crippen molar-refractivity contribution in [2.24, 2.45) is 0 Å². The molecule has 0 bridgehead atoms. The van der Waals surface area contributed by atoms with E-state index in [4.69, 9.17) is 4.74 Å². The maximum atomic E-state index is 10.3. The predicted octanol–water partition coefficient (Wildman–Crippen LogP) is 4.87. The van der Waals surface area contributed by atoms with Gasteiger partial charge in [-0.05, 0) is 18.9 Å². The van der Waals surface area contributed by atoms with Gasteiger partial charge in [0, 0.05) is 6.42 Å². The number of hydrogen-bond acceptors (Lipinski definition) is 2. The van der Waals surface area contributed by atoms with Gasteiger partial charge in [-0.2, -0.15) is 0 Å². The standard InChI is InChI=1S/C8H8.C6H12O2.C3H6/c1-2-8-6-4-3-5-7-8;1-3-5-8-6(7)4-2;1-3-2/h2-7H,1H2;3-5H2,1-2H3;3H,1H2,2H3. The van der Waals surface area contributed by atoms with Crippen molar-refractivity contribution in [1.29, 1.82) is 0 Å². The highest BCUT2D eigenvalue weighted by Crippen LogP contribution is 1.97. The monoisotopic (exact) mass is 262 g/mol. The third-order valence-electron chi connectivity index (χ3n) is 1.79. The van der Waals surface area contributed by atoms with Crippen LogP contribution in [0.25, 0.3) is 6.08 Å². The van der Waals surface area contributed by atoms with Crippen molar-refractivity contribution < 1.29 is 9.53 Å². The van der Waals surface area contributed by atoms with Crippen molar-refractivity contribution in [3.8, 4) is 0 Å². The van der Waals surface area contributed by atoms with E-state index in [0.29, 0.717) is 13.0 Å². The van der Waals surface area contributed by atoms with Gasteiger partial charge < -0.3 is 4.74 Å². The number of esters is 1. The molecule has 0 fully saturated rings. The Balaban J connectivity index is 0. The molecule has 19 heavy (non-hydrogen) atoms. The van der Waals surface area contributed by atoms with Gasteiger partial charge in [0.2, 0.25) is 0 Å². The fourth-order valence-electron chi connectivity index (χ4n) is 0.907.